The fourth-order valence-electron chi connectivity index (χ4n) is 3.91. The van der Waals surface area contributed by atoms with E-state index < -0.39 is 0 Å². The molecule has 1 saturated heterocycles. The van der Waals surface area contributed by atoms with Crippen molar-refractivity contribution in [2.45, 2.75) is 13.3 Å². The Morgan fingerprint density at radius 1 is 0.852 bits per heavy atom. The van der Waals surface area contributed by atoms with Crippen molar-refractivity contribution in [3.63, 3.8) is 0 Å². The van der Waals surface area contributed by atoms with E-state index in [0.29, 0.717) is 0 Å². The minimum absolute atomic E-state index is 0.0910. The largest absolute Gasteiger partial charge is 0.336 e. The van der Waals surface area contributed by atoms with Crippen molar-refractivity contribution >= 4 is 17.5 Å². The van der Waals surface area contributed by atoms with Crippen molar-refractivity contribution in [1.82, 2.24) is 9.80 Å². The van der Waals surface area contributed by atoms with Gasteiger partial charge in [-0.05, 0) is 54.4 Å². The fourth-order valence-corrected chi connectivity index (χ4v) is 3.91. The Bertz CT molecular complexity index is 868. The Balaban J connectivity index is 1.51. The van der Waals surface area contributed by atoms with Gasteiger partial charge < -0.3 is 14.7 Å². The molecule has 0 spiro atoms. The molecule has 5 nitrogen and oxygen atoms in total. The molecule has 0 aromatic heterocycles. The Morgan fingerprint density at radius 3 is 2.19 bits per heavy atom. The summed E-state index contributed by atoms with van der Waals surface area (Å²) >= 11 is 0. The molecule has 0 saturated carbocycles. The number of piperazine rings is 1. The van der Waals surface area contributed by atoms with Crippen LogP contribution >= 0.6 is 0 Å². The topological polar surface area (TPSA) is 43.9 Å². The van der Waals surface area contributed by atoms with Crippen LogP contribution in [0.4, 0.5) is 5.69 Å². The molecule has 5 heteroatoms. The Labute approximate surface area is 160 Å². The average molecular weight is 363 g/mol. The number of benzene rings is 2. The standard InChI is InChI=1S/C22H25N3O2/c1-16(26)25-10-9-20-15-19(7-8-21(20)25)17-3-5-18(6-4-17)22(27)24-13-11-23(2)12-14-24/h3-8,15H,9-14H2,1-2H3. The van der Waals surface area contributed by atoms with Gasteiger partial charge in [-0.1, -0.05) is 18.2 Å². The first-order valence-corrected chi connectivity index (χ1v) is 9.52. The van der Waals surface area contributed by atoms with Crippen molar-refractivity contribution in [3.05, 3.63) is 53.6 Å². The number of rotatable bonds is 2. The fraction of sp³-hybridized carbons (Fsp3) is 0.364. The highest BCUT2D eigenvalue weighted by molar-refractivity contribution is 5.95. The Hall–Kier alpha value is -2.66. The molecule has 2 aromatic rings. The number of hydrogen-bond acceptors (Lipinski definition) is 3. The number of fused-ring (bicyclic) bond motifs is 1. The molecule has 0 radical (unpaired) electrons. The van der Waals surface area contributed by atoms with Gasteiger partial charge in [0, 0.05) is 50.9 Å². The quantitative estimate of drug-likeness (QED) is 0.824. The second-order valence-corrected chi connectivity index (χ2v) is 7.44. The van der Waals surface area contributed by atoms with E-state index in [2.05, 4.69) is 24.1 Å². The zero-order valence-corrected chi connectivity index (χ0v) is 15.9. The van der Waals surface area contributed by atoms with E-state index in [1.54, 1.807) is 6.92 Å². The minimum atomic E-state index is 0.0910. The van der Waals surface area contributed by atoms with Gasteiger partial charge in [-0.3, -0.25) is 9.59 Å². The molecule has 2 aliphatic rings. The summed E-state index contributed by atoms with van der Waals surface area (Å²) in [7, 11) is 2.09. The second-order valence-electron chi connectivity index (χ2n) is 7.44. The van der Waals surface area contributed by atoms with Gasteiger partial charge in [0.15, 0.2) is 0 Å². The van der Waals surface area contributed by atoms with E-state index in [4.69, 9.17) is 0 Å². The third-order valence-electron chi connectivity index (χ3n) is 5.61. The van der Waals surface area contributed by atoms with Gasteiger partial charge in [0.25, 0.3) is 5.91 Å². The second kappa shape index (κ2) is 7.16. The van der Waals surface area contributed by atoms with Crippen LogP contribution in [0.5, 0.6) is 0 Å². The number of carbonyl (C=O) groups is 2. The van der Waals surface area contributed by atoms with Crippen molar-refractivity contribution in [1.29, 1.82) is 0 Å². The van der Waals surface area contributed by atoms with E-state index in [1.807, 2.05) is 40.1 Å². The lowest BCUT2D eigenvalue weighted by atomic mass is 10.00. The molecule has 0 bridgehead atoms. The zero-order chi connectivity index (χ0) is 19.0. The zero-order valence-electron chi connectivity index (χ0n) is 15.9. The monoisotopic (exact) mass is 363 g/mol. The molecule has 0 atom stereocenters. The van der Waals surface area contributed by atoms with Gasteiger partial charge in [0.2, 0.25) is 5.91 Å². The van der Waals surface area contributed by atoms with Gasteiger partial charge in [-0.15, -0.1) is 0 Å². The van der Waals surface area contributed by atoms with E-state index >= 15 is 0 Å². The summed E-state index contributed by atoms with van der Waals surface area (Å²) in [4.78, 5) is 30.4. The molecule has 140 valence electrons. The maximum absolute atomic E-state index is 12.7. The van der Waals surface area contributed by atoms with Crippen LogP contribution in [0.1, 0.15) is 22.8 Å². The number of amides is 2. The molecule has 2 heterocycles. The number of hydrogen-bond donors (Lipinski definition) is 0. The van der Waals surface area contributed by atoms with E-state index in [-0.39, 0.29) is 11.8 Å². The van der Waals surface area contributed by atoms with Gasteiger partial charge >= 0.3 is 0 Å². The van der Waals surface area contributed by atoms with E-state index in [0.717, 1.165) is 61.5 Å². The van der Waals surface area contributed by atoms with Gasteiger partial charge in [0.05, 0.1) is 0 Å². The van der Waals surface area contributed by atoms with Gasteiger partial charge in [-0.2, -0.15) is 0 Å². The molecule has 4 rings (SSSR count). The predicted molar refractivity (Wildman–Crippen MR) is 107 cm³/mol. The van der Waals surface area contributed by atoms with Crippen LogP contribution in [-0.2, 0) is 11.2 Å². The summed E-state index contributed by atoms with van der Waals surface area (Å²) < 4.78 is 0. The average Bonchev–Trinajstić information content (AvgIpc) is 3.12. The maximum atomic E-state index is 12.7. The first kappa shape index (κ1) is 17.7. The Morgan fingerprint density at radius 2 is 1.52 bits per heavy atom. The Kier molecular flexibility index (Phi) is 4.70. The number of nitrogens with zero attached hydrogens (tertiary/aromatic N) is 3. The summed E-state index contributed by atoms with van der Waals surface area (Å²) in [6.07, 6.45) is 0.892. The van der Waals surface area contributed by atoms with Crippen molar-refractivity contribution in [2.24, 2.45) is 0 Å². The van der Waals surface area contributed by atoms with Crippen LogP contribution in [0.2, 0.25) is 0 Å². The van der Waals surface area contributed by atoms with Gasteiger partial charge in [-0.25, -0.2) is 0 Å². The van der Waals surface area contributed by atoms with E-state index in [1.165, 1.54) is 5.56 Å². The molecule has 0 unspecified atom stereocenters. The number of likely N-dealkylation sites (N-methyl/N-ethyl adjacent to an activating group) is 1. The summed E-state index contributed by atoms with van der Waals surface area (Å²) in [5.41, 5.74) is 5.19. The van der Waals surface area contributed by atoms with E-state index in [9.17, 15) is 9.59 Å². The van der Waals surface area contributed by atoms with Gasteiger partial charge in [0.1, 0.15) is 0 Å². The van der Waals surface area contributed by atoms with Crippen molar-refractivity contribution in [3.8, 4) is 11.1 Å². The molecule has 0 aliphatic carbocycles. The lowest BCUT2D eigenvalue weighted by Gasteiger charge is -2.32. The van der Waals surface area contributed by atoms with Crippen LogP contribution in [0.25, 0.3) is 11.1 Å². The highest BCUT2D eigenvalue weighted by atomic mass is 16.2. The van der Waals surface area contributed by atoms with Crippen LogP contribution in [0.3, 0.4) is 0 Å². The molecule has 2 aromatic carbocycles. The number of carbonyl (C=O) groups excluding carboxylic acids is 2. The first-order valence-electron chi connectivity index (χ1n) is 9.52. The van der Waals surface area contributed by atoms with Crippen LogP contribution in [0.15, 0.2) is 42.5 Å². The van der Waals surface area contributed by atoms with Crippen LogP contribution in [0, 0.1) is 0 Å². The molecular weight excluding hydrogens is 338 g/mol. The number of anilines is 1. The summed E-state index contributed by atoms with van der Waals surface area (Å²) in [5.74, 6) is 0.203. The molecule has 2 aliphatic heterocycles. The molecule has 1 fully saturated rings. The lowest BCUT2D eigenvalue weighted by molar-refractivity contribution is -0.116. The molecule has 2 amide bonds. The lowest BCUT2D eigenvalue weighted by Crippen LogP contribution is -2.47. The third kappa shape index (κ3) is 3.47. The van der Waals surface area contributed by atoms with Crippen LogP contribution in [-0.4, -0.2) is 61.4 Å². The molecule has 0 N–H and O–H groups in total. The summed E-state index contributed by atoms with van der Waals surface area (Å²) in [6.45, 7) is 5.79. The SMILES string of the molecule is CC(=O)N1CCc2cc(-c3ccc(C(=O)N4CCN(C)CC4)cc3)ccc21. The first-order chi connectivity index (χ1) is 13.0. The summed E-state index contributed by atoms with van der Waals surface area (Å²) in [6, 6.07) is 14.1. The third-order valence-corrected chi connectivity index (χ3v) is 5.61. The van der Waals surface area contributed by atoms with Crippen LogP contribution < -0.4 is 4.90 Å². The normalized spacial score (nSPS) is 17.1. The minimum Gasteiger partial charge on any atom is -0.336 e. The molecular formula is C22H25N3O2. The smallest absolute Gasteiger partial charge is 0.253 e. The maximum Gasteiger partial charge on any atom is 0.253 e. The van der Waals surface area contributed by atoms with Crippen molar-refractivity contribution < 1.29 is 9.59 Å². The highest BCUT2D eigenvalue weighted by Gasteiger charge is 2.23. The predicted octanol–water partition coefficient (Wildman–Crippen LogP) is 2.65. The highest BCUT2D eigenvalue weighted by Crippen LogP contribution is 2.32. The molecule has 27 heavy (non-hydrogen) atoms. The summed E-state index contributed by atoms with van der Waals surface area (Å²) in [5, 5.41) is 0. The van der Waals surface area contributed by atoms with Crippen molar-refractivity contribution in [2.75, 3.05) is 44.7 Å².